The number of likely N-dealkylation sites (N-methyl/N-ethyl adjacent to an activating group) is 1. The van der Waals surface area contributed by atoms with Crippen LogP contribution in [0.25, 0.3) is 0 Å². The van der Waals surface area contributed by atoms with Gasteiger partial charge in [-0.3, -0.25) is 0 Å². The molecular weight excluding hydrogens is 650 g/mol. The molecule has 0 bridgehead atoms. The molecule has 42 heavy (non-hydrogen) atoms. The van der Waals surface area contributed by atoms with Gasteiger partial charge < -0.3 is 14.3 Å². The van der Waals surface area contributed by atoms with Gasteiger partial charge in [0.15, 0.2) is 0 Å². The van der Waals surface area contributed by atoms with Crippen molar-refractivity contribution in [2.24, 2.45) is 0 Å². The summed E-state index contributed by atoms with van der Waals surface area (Å²) in [5, 5.41) is 0. The number of para-hydroxylation sites is 1. The third-order valence-electron chi connectivity index (χ3n) is 7.11. The first-order valence-electron chi connectivity index (χ1n) is 14.5. The van der Waals surface area contributed by atoms with Crippen LogP contribution < -0.4 is 14.5 Å². The summed E-state index contributed by atoms with van der Waals surface area (Å²) in [5.41, 5.74) is 11.8. The van der Waals surface area contributed by atoms with E-state index < -0.39 is 13.5 Å². The van der Waals surface area contributed by atoms with Crippen molar-refractivity contribution >= 4 is 35.4 Å². The summed E-state index contributed by atoms with van der Waals surface area (Å²) in [6.45, 7) is 21.8. The molecule has 1 heterocycles. The zero-order valence-corrected chi connectivity index (χ0v) is 30.5. The fourth-order valence-electron chi connectivity index (χ4n) is 5.99. The van der Waals surface area contributed by atoms with Crippen molar-refractivity contribution in [2.75, 3.05) is 44.0 Å². The van der Waals surface area contributed by atoms with Crippen LogP contribution >= 0.6 is 19.4 Å². The summed E-state index contributed by atoms with van der Waals surface area (Å²) in [4.78, 5) is 5.01. The Kier molecular flexibility index (Phi) is 12.1. The minimum absolute atomic E-state index is 0.163. The second-order valence-electron chi connectivity index (χ2n) is 12.8. The van der Waals surface area contributed by atoms with Gasteiger partial charge in [0.2, 0.25) is 0 Å². The Morgan fingerprint density at radius 2 is 1.38 bits per heavy atom. The van der Waals surface area contributed by atoms with Crippen molar-refractivity contribution in [1.29, 1.82) is 0 Å². The summed E-state index contributed by atoms with van der Waals surface area (Å²) in [6, 6.07) is 17.4. The normalized spacial score (nSPS) is 15.5. The molecule has 0 aliphatic carbocycles. The van der Waals surface area contributed by atoms with E-state index in [9.17, 15) is 0 Å². The maximum absolute atomic E-state index is 5.82. The molecule has 3 aromatic rings. The molecule has 1 atom stereocenters. The monoisotopic (exact) mass is 699 g/mol. The molecule has 7 heteroatoms. The van der Waals surface area contributed by atoms with Crippen LogP contribution in [-0.2, 0) is 13.5 Å². The molecule has 4 rings (SSSR count). The molecule has 1 fully saturated rings. The minimum Gasteiger partial charge on any atom is -0.501 e. The third-order valence-corrected chi connectivity index (χ3v) is 8.94. The van der Waals surface area contributed by atoms with Gasteiger partial charge in [-0.2, -0.15) is 6.67 Å². The maximum Gasteiger partial charge on any atom is 0.0979 e. The largest absolute Gasteiger partial charge is 0.501 e. The summed E-state index contributed by atoms with van der Waals surface area (Å²) >= 11 is -1.77. The van der Waals surface area contributed by atoms with Crippen LogP contribution in [0, 0.1) is 48.2 Å². The van der Waals surface area contributed by atoms with E-state index in [0.717, 1.165) is 28.9 Å². The molecule has 1 unspecified atom stereocenters. The van der Waals surface area contributed by atoms with Crippen LogP contribution in [0.3, 0.4) is 0 Å². The summed E-state index contributed by atoms with van der Waals surface area (Å²) in [5.74, 6) is 0.850. The Balaban J connectivity index is 0.000000291. The molecule has 0 saturated carbocycles. The Morgan fingerprint density at radius 3 is 1.86 bits per heavy atom. The van der Waals surface area contributed by atoms with E-state index in [1.807, 2.05) is 42.7 Å². The molecule has 1 aliphatic rings. The van der Waals surface area contributed by atoms with E-state index in [-0.39, 0.29) is 6.10 Å². The fourth-order valence-corrected chi connectivity index (χ4v) is 7.79. The number of aryl methyl sites for hydroxylation is 6. The first kappa shape index (κ1) is 34.6. The fraction of sp³-hybridized carbons (Fsp3) is 0.429. The van der Waals surface area contributed by atoms with Crippen LogP contribution in [0.1, 0.15) is 52.8 Å². The van der Waals surface area contributed by atoms with Gasteiger partial charge in [-0.05, 0) is 63.8 Å². The smallest absolute Gasteiger partial charge is 0.0979 e. The molecule has 0 aromatic heterocycles. The Hall–Kier alpha value is -1.91. The number of rotatable bonds is 7. The number of benzene rings is 3. The van der Waals surface area contributed by atoms with Crippen molar-refractivity contribution in [3.05, 3.63) is 94.1 Å². The van der Waals surface area contributed by atoms with Crippen molar-refractivity contribution in [3.63, 3.8) is 0 Å². The molecule has 0 N–H and O–H groups in total. The first-order chi connectivity index (χ1) is 19.6. The molecule has 0 radical (unpaired) electrons. The second kappa shape index (κ2) is 14.7. The second-order valence-corrected chi connectivity index (χ2v) is 18.5. The van der Waals surface area contributed by atoms with Gasteiger partial charge >= 0.3 is 97.8 Å². The first-order valence-corrected chi connectivity index (χ1v) is 20.0. The minimum atomic E-state index is -1.77. The van der Waals surface area contributed by atoms with Gasteiger partial charge in [0, 0.05) is 17.9 Å². The zero-order valence-electron chi connectivity index (χ0n) is 27.2. The van der Waals surface area contributed by atoms with Gasteiger partial charge in [-0.25, -0.2) is 0 Å². The number of hydrogen-bond donors (Lipinski definition) is 0. The molecule has 3 aromatic carbocycles. The average Bonchev–Trinajstić information content (AvgIpc) is 3.19. The van der Waals surface area contributed by atoms with Crippen LogP contribution in [-0.4, -0.2) is 55.5 Å². The predicted octanol–water partition coefficient (Wildman–Crippen LogP) is 8.61. The van der Waals surface area contributed by atoms with E-state index in [0.29, 0.717) is 6.04 Å². The average molecular weight is 700 g/mol. The van der Waals surface area contributed by atoms with E-state index >= 15 is 0 Å². The molecule has 0 amide bonds. The third kappa shape index (κ3) is 9.55. The molecular formula is C35H49Cl2N3ORu. The van der Waals surface area contributed by atoms with Crippen molar-refractivity contribution in [3.8, 4) is 5.75 Å². The summed E-state index contributed by atoms with van der Waals surface area (Å²) < 4.78 is 8.47. The number of quaternary nitrogens is 1. The molecule has 1 aliphatic heterocycles. The number of halogens is 2. The number of anilines is 2. The Bertz CT molecular complexity index is 1360. The quantitative estimate of drug-likeness (QED) is 0.140. The zero-order chi connectivity index (χ0) is 31.4. The predicted molar refractivity (Wildman–Crippen MR) is 181 cm³/mol. The number of hydrogen-bond acceptors (Lipinski definition) is 3. The van der Waals surface area contributed by atoms with Gasteiger partial charge in [0.1, 0.15) is 0 Å². The summed E-state index contributed by atoms with van der Waals surface area (Å²) in [6.07, 6.45) is 0.163. The molecule has 0 spiro atoms. The van der Waals surface area contributed by atoms with E-state index in [1.165, 1.54) is 44.8 Å². The number of ether oxygens (including phenoxy) is 1. The SMILES string of the molecule is CC(C)Oc1ccccc1[CH]=[Ru]([Cl])[Cl].Cc1cc(C)c(N2[CH-]N(c3c(C)cc(C)cc3C)C(C[N+](C)(C)C)C2)c(C)c1. The standard InChI is InChI=1S/C25H37N3.C10H12O.2ClH.Ru/c1-17-10-19(3)24(20(4)11-17)26-14-23(15-28(7,8)9)27(16-26)25-21(5)12-18(2)13-22(25)6;1-8(2)11-10-7-5-4-6-9(10)3;;;/h10-13,16,23H,14-15H2,1-9H3;3-8H,1-2H3;2*1H;/q;;;;+2/p-2. The van der Waals surface area contributed by atoms with Crippen LogP contribution in [0.15, 0.2) is 48.5 Å². The molecule has 4 nitrogen and oxygen atoms in total. The van der Waals surface area contributed by atoms with Crippen molar-refractivity contribution in [1.82, 2.24) is 0 Å². The molecule has 232 valence electrons. The van der Waals surface area contributed by atoms with Gasteiger partial charge in [-0.15, -0.1) is 0 Å². The maximum atomic E-state index is 5.82. The van der Waals surface area contributed by atoms with Gasteiger partial charge in [0.05, 0.1) is 33.7 Å². The Labute approximate surface area is 268 Å². The van der Waals surface area contributed by atoms with Gasteiger partial charge in [0.25, 0.3) is 0 Å². The number of nitrogens with zero attached hydrogens (tertiary/aromatic N) is 3. The Morgan fingerprint density at radius 1 is 0.881 bits per heavy atom. The van der Waals surface area contributed by atoms with Gasteiger partial charge in [-0.1, -0.05) is 35.4 Å². The van der Waals surface area contributed by atoms with E-state index in [1.54, 1.807) is 0 Å². The van der Waals surface area contributed by atoms with Crippen LogP contribution in [0.5, 0.6) is 5.75 Å². The molecule has 1 saturated heterocycles. The van der Waals surface area contributed by atoms with E-state index in [2.05, 4.69) is 103 Å². The van der Waals surface area contributed by atoms with Crippen molar-refractivity contribution in [2.45, 2.75) is 67.5 Å². The van der Waals surface area contributed by atoms with Crippen LogP contribution in [0.4, 0.5) is 11.4 Å². The van der Waals surface area contributed by atoms with E-state index in [4.69, 9.17) is 24.1 Å². The van der Waals surface area contributed by atoms with Crippen molar-refractivity contribution < 1.29 is 22.7 Å². The topological polar surface area (TPSA) is 15.7 Å². The summed E-state index contributed by atoms with van der Waals surface area (Å²) in [7, 11) is 18.5. The van der Waals surface area contributed by atoms with Crippen LogP contribution in [0.2, 0.25) is 0 Å².